The molecule has 0 bridgehead atoms. The van der Waals surface area contributed by atoms with Crippen molar-refractivity contribution in [2.75, 3.05) is 32.7 Å². The lowest BCUT2D eigenvalue weighted by Crippen LogP contribution is -3.28. The van der Waals surface area contributed by atoms with E-state index in [1.807, 2.05) is 0 Å². The van der Waals surface area contributed by atoms with Gasteiger partial charge in [0.2, 0.25) is 0 Å². The predicted octanol–water partition coefficient (Wildman–Crippen LogP) is -0.229. The normalized spacial score (nSPS) is 26.4. The summed E-state index contributed by atoms with van der Waals surface area (Å²) in [5.41, 5.74) is 2.69. The Morgan fingerprint density at radius 1 is 1.04 bits per heavy atom. The number of hydrogen-bond acceptors (Lipinski definition) is 2. The quantitative estimate of drug-likeness (QED) is 0.585. The van der Waals surface area contributed by atoms with E-state index < -0.39 is 0 Å². The van der Waals surface area contributed by atoms with Crippen LogP contribution in [0.4, 0.5) is 0 Å². The second-order valence-corrected chi connectivity index (χ2v) is 9.23. The van der Waals surface area contributed by atoms with Crippen LogP contribution in [0.2, 0.25) is 0 Å². The molecule has 1 aromatic rings. The first-order chi connectivity index (χ1) is 13.0. The monoisotopic (exact) mass is 393 g/mol. The van der Waals surface area contributed by atoms with Crippen molar-refractivity contribution in [3.8, 4) is 0 Å². The van der Waals surface area contributed by atoms with Gasteiger partial charge in [-0.05, 0) is 51.7 Å². The van der Waals surface area contributed by atoms with E-state index in [-0.39, 0.29) is 5.91 Å². The van der Waals surface area contributed by atoms with E-state index in [0.29, 0.717) is 18.6 Å². The van der Waals surface area contributed by atoms with Crippen molar-refractivity contribution in [1.29, 1.82) is 0 Å². The van der Waals surface area contributed by atoms with Gasteiger partial charge in [-0.25, -0.2) is 0 Å². The molecular formula is C20H35N5OS+2. The van der Waals surface area contributed by atoms with Crippen molar-refractivity contribution in [2.45, 2.75) is 71.1 Å². The molecule has 0 atom stereocenters. The number of amides is 1. The number of aromatic nitrogens is 2. The van der Waals surface area contributed by atoms with E-state index in [1.165, 1.54) is 54.8 Å². The fourth-order valence-electron chi connectivity index (χ4n) is 4.81. The van der Waals surface area contributed by atoms with Gasteiger partial charge in [-0.15, -0.1) is 0 Å². The van der Waals surface area contributed by atoms with Gasteiger partial charge in [0.05, 0.1) is 0 Å². The average molecular weight is 394 g/mol. The summed E-state index contributed by atoms with van der Waals surface area (Å²) < 4.78 is 5.81. The summed E-state index contributed by atoms with van der Waals surface area (Å²) in [5, 5.41) is 3.12. The summed E-state index contributed by atoms with van der Waals surface area (Å²) in [6, 6.07) is 1.08. The van der Waals surface area contributed by atoms with Gasteiger partial charge >= 0.3 is 0 Å². The van der Waals surface area contributed by atoms with Crippen molar-refractivity contribution in [3.05, 3.63) is 16.2 Å². The first-order valence-electron chi connectivity index (χ1n) is 10.8. The molecule has 0 unspecified atom stereocenters. The zero-order valence-electron chi connectivity index (χ0n) is 16.9. The molecule has 0 spiro atoms. The maximum absolute atomic E-state index is 12.0. The lowest BCUT2D eigenvalue weighted by Gasteiger charge is -2.29. The van der Waals surface area contributed by atoms with Crippen LogP contribution in [0.3, 0.4) is 0 Å². The van der Waals surface area contributed by atoms with E-state index >= 15 is 0 Å². The lowest BCUT2D eigenvalue weighted by molar-refractivity contribution is -1.02. The van der Waals surface area contributed by atoms with Crippen LogP contribution >= 0.6 is 12.2 Å². The summed E-state index contributed by atoms with van der Waals surface area (Å²) in [6.45, 7) is 10.4. The maximum atomic E-state index is 12.0. The second-order valence-electron chi connectivity index (χ2n) is 8.87. The Morgan fingerprint density at radius 3 is 2.30 bits per heavy atom. The highest BCUT2D eigenvalue weighted by molar-refractivity contribution is 7.71. The Kier molecular flexibility index (Phi) is 5.71. The number of nitrogens with zero attached hydrogens (tertiary/aromatic N) is 2. The molecule has 3 aliphatic rings. The molecule has 7 heteroatoms. The highest BCUT2D eigenvalue weighted by Gasteiger charge is 2.29. The highest BCUT2D eigenvalue weighted by atomic mass is 32.1. The molecule has 6 nitrogen and oxygen atoms in total. The largest absolute Gasteiger partial charge is 0.348 e. The average Bonchev–Trinajstić information content (AvgIpc) is 3.24. The van der Waals surface area contributed by atoms with Crippen molar-refractivity contribution in [1.82, 2.24) is 14.5 Å². The van der Waals surface area contributed by atoms with Crippen LogP contribution in [-0.2, 0) is 11.5 Å². The summed E-state index contributed by atoms with van der Waals surface area (Å²) in [4.78, 5) is 15.0. The molecule has 1 aromatic heterocycles. The SMILES string of the molecule is Cc1c(C)n(C2CCCC2)c(=S)n1C[NH+]1CC[NH+](CC(=O)NC2CC2)CC1. The topological polar surface area (TPSA) is 47.8 Å². The summed E-state index contributed by atoms with van der Waals surface area (Å²) in [6.07, 6.45) is 7.55. The minimum atomic E-state index is 0.235. The lowest BCUT2D eigenvalue weighted by atomic mass is 10.2. The number of piperazine rings is 1. The third-order valence-electron chi connectivity index (χ3n) is 6.82. The summed E-state index contributed by atoms with van der Waals surface area (Å²) >= 11 is 5.89. The number of rotatable bonds is 6. The zero-order chi connectivity index (χ0) is 19.0. The van der Waals surface area contributed by atoms with Gasteiger partial charge in [0.15, 0.2) is 18.0 Å². The first-order valence-corrected chi connectivity index (χ1v) is 11.2. The Balaban J connectivity index is 1.34. The van der Waals surface area contributed by atoms with Crippen LogP contribution in [0, 0.1) is 18.6 Å². The van der Waals surface area contributed by atoms with Gasteiger partial charge in [-0.3, -0.25) is 9.36 Å². The Labute approximate surface area is 167 Å². The van der Waals surface area contributed by atoms with Crippen LogP contribution in [-0.4, -0.2) is 53.8 Å². The molecule has 2 heterocycles. The molecular weight excluding hydrogens is 358 g/mol. The first kappa shape index (κ1) is 19.2. The maximum Gasteiger partial charge on any atom is 0.275 e. The van der Waals surface area contributed by atoms with Gasteiger partial charge in [0, 0.05) is 23.5 Å². The molecule has 1 amide bonds. The molecule has 1 saturated heterocycles. The molecule has 4 rings (SSSR count). The number of hydrogen-bond donors (Lipinski definition) is 3. The molecule has 0 aromatic carbocycles. The number of carbonyl (C=O) groups is 1. The van der Waals surface area contributed by atoms with E-state index in [2.05, 4.69) is 28.3 Å². The van der Waals surface area contributed by atoms with Gasteiger partial charge in [-0.2, -0.15) is 0 Å². The number of quaternary nitrogens is 2. The molecule has 150 valence electrons. The molecule has 2 aliphatic carbocycles. The summed E-state index contributed by atoms with van der Waals surface area (Å²) in [5.74, 6) is 0.235. The minimum absolute atomic E-state index is 0.235. The second kappa shape index (κ2) is 8.05. The molecule has 3 N–H and O–H groups in total. The van der Waals surface area contributed by atoms with E-state index in [1.54, 1.807) is 4.90 Å². The fraction of sp³-hybridized carbons (Fsp3) is 0.800. The fourth-order valence-corrected chi connectivity index (χ4v) is 5.30. The number of nitrogens with one attached hydrogen (secondary N) is 3. The Morgan fingerprint density at radius 2 is 1.67 bits per heavy atom. The minimum Gasteiger partial charge on any atom is -0.348 e. The van der Waals surface area contributed by atoms with E-state index in [9.17, 15) is 4.79 Å². The van der Waals surface area contributed by atoms with E-state index in [4.69, 9.17) is 12.2 Å². The Bertz CT molecular complexity index is 736. The summed E-state index contributed by atoms with van der Waals surface area (Å²) in [7, 11) is 0. The van der Waals surface area contributed by atoms with Crippen LogP contribution < -0.4 is 15.1 Å². The number of carbonyl (C=O) groups excluding carboxylic acids is 1. The number of imidazole rings is 1. The van der Waals surface area contributed by atoms with Crippen LogP contribution in [0.15, 0.2) is 0 Å². The molecule has 3 fully saturated rings. The van der Waals surface area contributed by atoms with Gasteiger partial charge in [0.1, 0.15) is 26.2 Å². The molecule has 2 saturated carbocycles. The van der Waals surface area contributed by atoms with Crippen molar-refractivity contribution in [2.24, 2.45) is 0 Å². The van der Waals surface area contributed by atoms with Crippen molar-refractivity contribution >= 4 is 18.1 Å². The van der Waals surface area contributed by atoms with Crippen LogP contribution in [0.5, 0.6) is 0 Å². The van der Waals surface area contributed by atoms with Crippen LogP contribution in [0.1, 0.15) is 56.0 Å². The zero-order valence-corrected chi connectivity index (χ0v) is 17.7. The third-order valence-corrected chi connectivity index (χ3v) is 7.23. The molecule has 1 aliphatic heterocycles. The standard InChI is InChI=1S/C20H33N5OS/c1-15-16(2)25(18-5-3-4-6-18)20(27)24(15)14-23-11-9-22(10-12-23)13-19(26)21-17-7-8-17/h17-18H,3-14H2,1-2H3,(H,21,26)/p+2. The van der Waals surface area contributed by atoms with Crippen molar-refractivity contribution in [3.63, 3.8) is 0 Å². The Hall–Kier alpha value is -1.18. The smallest absolute Gasteiger partial charge is 0.275 e. The van der Waals surface area contributed by atoms with Gasteiger partial charge in [-0.1, -0.05) is 12.8 Å². The molecule has 0 radical (unpaired) electrons. The highest BCUT2D eigenvalue weighted by Crippen LogP contribution is 2.32. The third kappa shape index (κ3) is 4.30. The van der Waals surface area contributed by atoms with Gasteiger partial charge < -0.3 is 19.7 Å². The predicted molar refractivity (Wildman–Crippen MR) is 108 cm³/mol. The van der Waals surface area contributed by atoms with Crippen LogP contribution in [0.25, 0.3) is 0 Å². The van der Waals surface area contributed by atoms with Crippen molar-refractivity contribution < 1.29 is 14.6 Å². The van der Waals surface area contributed by atoms with E-state index in [0.717, 1.165) is 37.6 Å². The van der Waals surface area contributed by atoms with Gasteiger partial charge in [0.25, 0.3) is 5.91 Å². The molecule has 27 heavy (non-hydrogen) atoms.